The average molecular weight is 172 g/mol. The zero-order valence-corrected chi connectivity index (χ0v) is 7.17. The molecule has 0 radical (unpaired) electrons. The van der Waals surface area contributed by atoms with Gasteiger partial charge in [-0.2, -0.15) is 0 Å². The first-order chi connectivity index (χ1) is 5.69. The van der Waals surface area contributed by atoms with Crippen LogP contribution in [0.3, 0.4) is 0 Å². The Balaban J connectivity index is 2.60. The van der Waals surface area contributed by atoms with Crippen LogP contribution in [0.4, 0.5) is 0 Å². The van der Waals surface area contributed by atoms with Crippen molar-refractivity contribution in [2.75, 3.05) is 13.1 Å². The lowest BCUT2D eigenvalue weighted by molar-refractivity contribution is 0.0440. The molecule has 1 aliphatic rings. The van der Waals surface area contributed by atoms with Crippen LogP contribution in [0.2, 0.25) is 0 Å². The highest BCUT2D eigenvalue weighted by Gasteiger charge is 2.28. The predicted molar refractivity (Wildman–Crippen MR) is 43.9 cm³/mol. The van der Waals surface area contributed by atoms with Crippen molar-refractivity contribution in [2.24, 2.45) is 10.6 Å². The van der Waals surface area contributed by atoms with Gasteiger partial charge in [0.05, 0.1) is 35.7 Å². The summed E-state index contributed by atoms with van der Waals surface area (Å²) in [4.78, 5) is 20.5. The van der Waals surface area contributed by atoms with E-state index in [4.69, 9.17) is 0 Å². The van der Waals surface area contributed by atoms with Crippen LogP contribution >= 0.6 is 0 Å². The van der Waals surface area contributed by atoms with E-state index < -0.39 is 0 Å². The van der Waals surface area contributed by atoms with Crippen LogP contribution in [0.1, 0.15) is 13.8 Å². The van der Waals surface area contributed by atoms with Crippen molar-refractivity contribution in [3.8, 4) is 0 Å². The van der Waals surface area contributed by atoms with Crippen LogP contribution in [0, 0.1) is 9.81 Å². The first-order valence-electron chi connectivity index (χ1n) is 3.89. The molecule has 0 aromatic rings. The Bertz CT molecular complexity index is 166. The Kier molecular flexibility index (Phi) is 2.57. The Hall–Kier alpha value is -1.20. The summed E-state index contributed by atoms with van der Waals surface area (Å²) in [5.41, 5.74) is 0. The molecular weight excluding hydrogens is 160 g/mol. The number of piperazine rings is 1. The van der Waals surface area contributed by atoms with Gasteiger partial charge in [-0.15, -0.1) is 9.81 Å². The zero-order valence-electron chi connectivity index (χ0n) is 7.17. The van der Waals surface area contributed by atoms with Crippen LogP contribution in [0.25, 0.3) is 0 Å². The second-order valence-corrected chi connectivity index (χ2v) is 3.11. The van der Waals surface area contributed by atoms with Gasteiger partial charge in [-0.1, -0.05) is 0 Å². The standard InChI is InChI=1S/C6H12N4O2/c1-5-3-10(8-12)6(2)4-9(5)7-11/h5-6H,3-4H2,1-2H3. The fourth-order valence-corrected chi connectivity index (χ4v) is 1.32. The fourth-order valence-electron chi connectivity index (χ4n) is 1.32. The predicted octanol–water partition coefficient (Wildman–Crippen LogP) is 0.744. The molecule has 0 aromatic carbocycles. The van der Waals surface area contributed by atoms with Crippen molar-refractivity contribution >= 4 is 0 Å². The van der Waals surface area contributed by atoms with Gasteiger partial charge in [0.15, 0.2) is 0 Å². The molecule has 1 heterocycles. The van der Waals surface area contributed by atoms with Crippen molar-refractivity contribution in [3.63, 3.8) is 0 Å². The van der Waals surface area contributed by atoms with E-state index in [1.54, 1.807) is 0 Å². The first kappa shape index (κ1) is 8.89. The molecule has 6 nitrogen and oxygen atoms in total. The lowest BCUT2D eigenvalue weighted by atomic mass is 10.2. The van der Waals surface area contributed by atoms with Crippen molar-refractivity contribution < 1.29 is 0 Å². The molecule has 1 rings (SSSR count). The lowest BCUT2D eigenvalue weighted by Crippen LogP contribution is -2.51. The number of nitroso groups, excluding NO2 is 2. The van der Waals surface area contributed by atoms with E-state index in [-0.39, 0.29) is 12.1 Å². The van der Waals surface area contributed by atoms with Gasteiger partial charge in [-0.25, -0.2) is 0 Å². The summed E-state index contributed by atoms with van der Waals surface area (Å²) in [6.07, 6.45) is 0. The maximum atomic E-state index is 10.3. The van der Waals surface area contributed by atoms with Crippen molar-refractivity contribution in [1.82, 2.24) is 10.0 Å². The van der Waals surface area contributed by atoms with Crippen LogP contribution in [0.15, 0.2) is 10.6 Å². The van der Waals surface area contributed by atoms with E-state index in [1.807, 2.05) is 13.8 Å². The third-order valence-corrected chi connectivity index (χ3v) is 2.13. The number of hydrogen-bond donors (Lipinski definition) is 0. The molecule has 0 N–H and O–H groups in total. The summed E-state index contributed by atoms with van der Waals surface area (Å²) >= 11 is 0. The molecule has 1 saturated heterocycles. The van der Waals surface area contributed by atoms with E-state index >= 15 is 0 Å². The molecule has 12 heavy (non-hydrogen) atoms. The number of nitrogens with zero attached hydrogens (tertiary/aromatic N) is 4. The summed E-state index contributed by atoms with van der Waals surface area (Å²) in [5, 5.41) is 8.59. The second kappa shape index (κ2) is 3.46. The van der Waals surface area contributed by atoms with Crippen molar-refractivity contribution in [1.29, 1.82) is 0 Å². The van der Waals surface area contributed by atoms with Gasteiger partial charge in [0.25, 0.3) is 0 Å². The summed E-state index contributed by atoms with van der Waals surface area (Å²) in [7, 11) is 0. The molecule has 0 saturated carbocycles. The first-order valence-corrected chi connectivity index (χ1v) is 3.89. The lowest BCUT2D eigenvalue weighted by Gasteiger charge is -2.37. The SMILES string of the molecule is CC1CN(N=O)C(C)CN1N=O. The zero-order chi connectivity index (χ0) is 9.14. The van der Waals surface area contributed by atoms with Crippen molar-refractivity contribution in [2.45, 2.75) is 25.9 Å². The second-order valence-electron chi connectivity index (χ2n) is 3.11. The molecule has 0 aromatic heterocycles. The Morgan fingerprint density at radius 3 is 1.58 bits per heavy atom. The van der Waals surface area contributed by atoms with Gasteiger partial charge in [0, 0.05) is 0 Å². The molecule has 1 fully saturated rings. The molecule has 0 spiro atoms. The van der Waals surface area contributed by atoms with E-state index in [0.29, 0.717) is 13.1 Å². The van der Waals surface area contributed by atoms with Gasteiger partial charge in [0.2, 0.25) is 0 Å². The molecule has 68 valence electrons. The Morgan fingerprint density at radius 2 is 1.33 bits per heavy atom. The summed E-state index contributed by atoms with van der Waals surface area (Å²) in [5.74, 6) is 0. The highest BCUT2D eigenvalue weighted by atomic mass is 16.3. The minimum absolute atomic E-state index is 0.0311. The van der Waals surface area contributed by atoms with Gasteiger partial charge >= 0.3 is 0 Å². The molecular formula is C6H12N4O2. The van der Waals surface area contributed by atoms with Crippen molar-refractivity contribution in [3.05, 3.63) is 9.81 Å². The largest absolute Gasteiger partial charge is 0.254 e. The summed E-state index contributed by atoms with van der Waals surface area (Å²) in [6, 6.07) is -0.0622. The monoisotopic (exact) mass is 172 g/mol. The van der Waals surface area contributed by atoms with Gasteiger partial charge in [-0.05, 0) is 13.8 Å². The number of rotatable bonds is 2. The molecule has 0 aliphatic carbocycles. The highest BCUT2D eigenvalue weighted by molar-refractivity contribution is 4.80. The van der Waals surface area contributed by atoms with Gasteiger partial charge in [0.1, 0.15) is 0 Å². The molecule has 6 heteroatoms. The summed E-state index contributed by atoms with van der Waals surface area (Å²) in [6.45, 7) is 4.61. The fraction of sp³-hybridized carbons (Fsp3) is 1.00. The van der Waals surface area contributed by atoms with Crippen LogP contribution in [-0.2, 0) is 0 Å². The smallest absolute Gasteiger partial charge is 0.0668 e. The van der Waals surface area contributed by atoms with E-state index in [9.17, 15) is 9.81 Å². The average Bonchev–Trinajstić information content (AvgIpc) is 2.08. The molecule has 0 amide bonds. The molecule has 2 atom stereocenters. The third-order valence-electron chi connectivity index (χ3n) is 2.13. The van der Waals surface area contributed by atoms with E-state index in [0.717, 1.165) is 0 Å². The topological polar surface area (TPSA) is 65.3 Å². The van der Waals surface area contributed by atoms with Gasteiger partial charge < -0.3 is 0 Å². The molecule has 1 aliphatic heterocycles. The van der Waals surface area contributed by atoms with Crippen LogP contribution < -0.4 is 0 Å². The quantitative estimate of drug-likeness (QED) is 0.576. The minimum atomic E-state index is -0.0311. The Morgan fingerprint density at radius 1 is 1.00 bits per heavy atom. The maximum Gasteiger partial charge on any atom is 0.0668 e. The van der Waals surface area contributed by atoms with Crippen LogP contribution in [-0.4, -0.2) is 35.2 Å². The van der Waals surface area contributed by atoms with E-state index in [2.05, 4.69) is 10.6 Å². The maximum absolute atomic E-state index is 10.3. The number of hydrogen-bond acceptors (Lipinski definition) is 4. The normalized spacial score (nSPS) is 30.2. The molecule has 0 bridgehead atoms. The molecule has 2 unspecified atom stereocenters. The van der Waals surface area contributed by atoms with Gasteiger partial charge in [-0.3, -0.25) is 10.0 Å². The Labute approximate surface area is 70.4 Å². The van der Waals surface area contributed by atoms with E-state index in [1.165, 1.54) is 10.0 Å². The minimum Gasteiger partial charge on any atom is -0.254 e. The third kappa shape index (κ3) is 1.51. The highest BCUT2D eigenvalue weighted by Crippen LogP contribution is 2.14. The van der Waals surface area contributed by atoms with Crippen LogP contribution in [0.5, 0.6) is 0 Å². The summed E-state index contributed by atoms with van der Waals surface area (Å²) < 4.78 is 0.